The van der Waals surface area contributed by atoms with E-state index in [9.17, 15) is 19.2 Å². The highest BCUT2D eigenvalue weighted by Crippen LogP contribution is 2.28. The van der Waals surface area contributed by atoms with Crippen LogP contribution >= 0.6 is 11.3 Å². The van der Waals surface area contributed by atoms with E-state index < -0.39 is 29.9 Å². The quantitative estimate of drug-likeness (QED) is 0.0450. The molecule has 0 amide bonds. The van der Waals surface area contributed by atoms with Crippen molar-refractivity contribution in [1.29, 1.82) is 0 Å². The number of esters is 2. The third kappa shape index (κ3) is 12.6. The molecule has 3 rings (SSSR count). The molecule has 0 saturated carbocycles. The van der Waals surface area contributed by atoms with E-state index in [-0.39, 0.29) is 70.3 Å². The Morgan fingerprint density at radius 1 is 0.787 bits per heavy atom. The number of carbonyl (C=O) groups is 3. The summed E-state index contributed by atoms with van der Waals surface area (Å²) in [5.74, 6) is -0.661. The molecule has 0 spiro atoms. The topological polar surface area (TPSA) is 133 Å². The lowest BCUT2D eigenvalue weighted by molar-refractivity contribution is -0.188. The average molecular weight is 671 g/mol. The number of hydrogen-bond acceptors (Lipinski definition) is 12. The monoisotopic (exact) mass is 670 g/mol. The van der Waals surface area contributed by atoms with Crippen molar-refractivity contribution in [1.82, 2.24) is 0 Å². The van der Waals surface area contributed by atoms with Gasteiger partial charge in [-0.15, -0.1) is 11.3 Å². The Labute approximate surface area is 278 Å². The Kier molecular flexibility index (Phi) is 15.2. The van der Waals surface area contributed by atoms with Crippen LogP contribution in [0.4, 0.5) is 0 Å². The summed E-state index contributed by atoms with van der Waals surface area (Å²) in [4.78, 5) is 48.6. The molecule has 12 heteroatoms. The molecule has 47 heavy (non-hydrogen) atoms. The van der Waals surface area contributed by atoms with Gasteiger partial charge in [0.1, 0.15) is 24.7 Å². The lowest BCUT2D eigenvalue weighted by atomic mass is 9.86. The number of benzene rings is 2. The first kappa shape index (κ1) is 37.5. The standard InChI is InChI=1S/C35H42O11S/c1-6-32(37)43-18-16-40-24(3)45-22-35(5,23-46-25(4)41-17-19-44-33(38)7-2)21-26(36)14-15-42-27-12-13-31-29(20-27)34(39)28-10-8-9-11-30(28)47-31/h6-13,20,24-25H,1-2,14-19,21-23H2,3-5H3. The molecule has 2 unspecified atom stereocenters. The largest absolute Gasteiger partial charge is 0.493 e. The molecule has 3 aromatic rings. The van der Waals surface area contributed by atoms with Gasteiger partial charge in [-0.1, -0.05) is 32.2 Å². The second-order valence-corrected chi connectivity index (χ2v) is 12.0. The number of ketones is 1. The molecule has 0 aliphatic heterocycles. The molecular weight excluding hydrogens is 628 g/mol. The van der Waals surface area contributed by atoms with Gasteiger partial charge in [-0.25, -0.2) is 9.59 Å². The van der Waals surface area contributed by atoms with Crippen molar-refractivity contribution in [3.05, 3.63) is 78.0 Å². The minimum Gasteiger partial charge on any atom is -0.493 e. The highest BCUT2D eigenvalue weighted by molar-refractivity contribution is 7.24. The molecule has 0 bridgehead atoms. The third-order valence-electron chi connectivity index (χ3n) is 6.85. The fourth-order valence-corrected chi connectivity index (χ4v) is 5.48. The highest BCUT2D eigenvalue weighted by atomic mass is 32.1. The second-order valence-electron chi connectivity index (χ2n) is 11.0. The Hall–Kier alpha value is -3.94. The van der Waals surface area contributed by atoms with E-state index in [2.05, 4.69) is 13.2 Å². The zero-order chi connectivity index (χ0) is 34.2. The Morgan fingerprint density at radius 3 is 1.96 bits per heavy atom. The van der Waals surface area contributed by atoms with Crippen LogP contribution in [0.3, 0.4) is 0 Å². The molecule has 11 nitrogen and oxygen atoms in total. The van der Waals surface area contributed by atoms with E-state index in [1.807, 2.05) is 37.3 Å². The van der Waals surface area contributed by atoms with Crippen LogP contribution in [0.15, 0.2) is 72.6 Å². The summed E-state index contributed by atoms with van der Waals surface area (Å²) in [6.07, 6.45) is 1.07. The first-order valence-corrected chi connectivity index (χ1v) is 16.0. The number of carbonyl (C=O) groups excluding carboxylic acids is 3. The fourth-order valence-electron chi connectivity index (χ4n) is 4.43. The summed E-state index contributed by atoms with van der Waals surface area (Å²) in [6.45, 7) is 12.6. The van der Waals surface area contributed by atoms with Crippen LogP contribution in [0, 0.1) is 5.41 Å². The van der Waals surface area contributed by atoms with Crippen molar-refractivity contribution in [2.24, 2.45) is 5.41 Å². The maximum absolute atomic E-state index is 13.1. The van der Waals surface area contributed by atoms with Crippen LogP contribution in [0.5, 0.6) is 5.75 Å². The molecule has 0 N–H and O–H groups in total. The SMILES string of the molecule is C=CC(=O)OCCOC(C)OCC(C)(COC(C)OCCOC(=O)C=C)CC(=O)CCOc1ccc2sc3ccccc3c(=O)c2c1. The van der Waals surface area contributed by atoms with Gasteiger partial charge in [0.25, 0.3) is 0 Å². The van der Waals surface area contributed by atoms with Gasteiger partial charge in [0.05, 0.1) is 33.0 Å². The summed E-state index contributed by atoms with van der Waals surface area (Å²) in [5.41, 5.74) is -0.821. The van der Waals surface area contributed by atoms with E-state index in [4.69, 9.17) is 33.2 Å². The van der Waals surface area contributed by atoms with Crippen molar-refractivity contribution in [3.8, 4) is 5.75 Å². The molecule has 0 fully saturated rings. The van der Waals surface area contributed by atoms with E-state index in [1.54, 1.807) is 26.0 Å². The summed E-state index contributed by atoms with van der Waals surface area (Å²) >= 11 is 1.54. The maximum atomic E-state index is 13.1. The van der Waals surface area contributed by atoms with E-state index in [0.29, 0.717) is 16.5 Å². The Balaban J connectivity index is 1.55. The number of fused-ring (bicyclic) bond motifs is 2. The highest BCUT2D eigenvalue weighted by Gasteiger charge is 2.30. The van der Waals surface area contributed by atoms with Crippen molar-refractivity contribution < 1.29 is 47.5 Å². The van der Waals surface area contributed by atoms with Crippen molar-refractivity contribution in [2.75, 3.05) is 46.2 Å². The van der Waals surface area contributed by atoms with Crippen molar-refractivity contribution in [2.45, 2.75) is 46.2 Å². The lowest BCUT2D eigenvalue weighted by Crippen LogP contribution is -2.36. The Bertz CT molecular complexity index is 1540. The van der Waals surface area contributed by atoms with Gasteiger partial charge in [-0.3, -0.25) is 9.59 Å². The molecular formula is C35H42O11S. The van der Waals surface area contributed by atoms with E-state index >= 15 is 0 Å². The third-order valence-corrected chi connectivity index (χ3v) is 8.00. The van der Waals surface area contributed by atoms with Crippen LogP contribution in [0.1, 0.15) is 33.6 Å². The lowest BCUT2D eigenvalue weighted by Gasteiger charge is -2.31. The van der Waals surface area contributed by atoms with Crippen LogP contribution in [0.2, 0.25) is 0 Å². The minimum absolute atomic E-state index is 0.0406. The van der Waals surface area contributed by atoms with Gasteiger partial charge >= 0.3 is 11.9 Å². The van der Waals surface area contributed by atoms with E-state index in [1.165, 1.54) is 11.3 Å². The van der Waals surface area contributed by atoms with Gasteiger partial charge in [0.2, 0.25) is 0 Å². The predicted octanol–water partition coefficient (Wildman–Crippen LogP) is 5.37. The number of rotatable bonds is 22. The smallest absolute Gasteiger partial charge is 0.330 e. The first-order chi connectivity index (χ1) is 22.5. The van der Waals surface area contributed by atoms with Crippen LogP contribution in [-0.2, 0) is 42.8 Å². The number of ether oxygens (including phenoxy) is 7. The maximum Gasteiger partial charge on any atom is 0.330 e. The molecule has 0 aliphatic rings. The van der Waals surface area contributed by atoms with Crippen LogP contribution < -0.4 is 10.2 Å². The summed E-state index contributed by atoms with van der Waals surface area (Å²) in [7, 11) is 0. The summed E-state index contributed by atoms with van der Waals surface area (Å²) in [6, 6.07) is 12.9. The average Bonchev–Trinajstić information content (AvgIpc) is 3.07. The fraction of sp³-hybridized carbons (Fsp3) is 0.429. The van der Waals surface area contributed by atoms with Gasteiger partial charge < -0.3 is 33.2 Å². The zero-order valence-electron chi connectivity index (χ0n) is 27.0. The molecule has 0 aliphatic carbocycles. The Morgan fingerprint density at radius 2 is 1.36 bits per heavy atom. The molecule has 0 radical (unpaired) electrons. The number of Topliss-reactive ketones (excluding diaryl/α,β-unsaturated/α-hetero) is 1. The van der Waals surface area contributed by atoms with Crippen molar-refractivity contribution in [3.63, 3.8) is 0 Å². The predicted molar refractivity (Wildman–Crippen MR) is 178 cm³/mol. The molecule has 2 aromatic carbocycles. The zero-order valence-corrected chi connectivity index (χ0v) is 27.8. The van der Waals surface area contributed by atoms with Gasteiger partial charge in [-0.2, -0.15) is 0 Å². The van der Waals surface area contributed by atoms with Gasteiger partial charge in [0, 0.05) is 50.6 Å². The van der Waals surface area contributed by atoms with Crippen LogP contribution in [-0.4, -0.2) is 76.6 Å². The molecule has 2 atom stereocenters. The second kappa shape index (κ2) is 19.0. The van der Waals surface area contributed by atoms with Gasteiger partial charge in [-0.05, 0) is 44.2 Å². The van der Waals surface area contributed by atoms with E-state index in [0.717, 1.165) is 21.6 Å². The minimum atomic E-state index is -0.764. The summed E-state index contributed by atoms with van der Waals surface area (Å²) in [5, 5.41) is 1.23. The first-order valence-electron chi connectivity index (χ1n) is 15.2. The summed E-state index contributed by atoms with van der Waals surface area (Å²) < 4.78 is 40.4. The van der Waals surface area contributed by atoms with Gasteiger partial charge in [0.15, 0.2) is 18.0 Å². The molecule has 254 valence electrons. The molecule has 1 aromatic heterocycles. The van der Waals surface area contributed by atoms with Crippen molar-refractivity contribution >= 4 is 49.2 Å². The number of hydrogen-bond donors (Lipinski definition) is 0. The molecule has 0 saturated heterocycles. The molecule has 1 heterocycles. The van der Waals surface area contributed by atoms with Crippen LogP contribution in [0.25, 0.3) is 20.2 Å². The normalized spacial score (nSPS) is 13.8.